The first-order valence-corrected chi connectivity index (χ1v) is 9.15. The molecule has 6 heteroatoms. The summed E-state index contributed by atoms with van der Waals surface area (Å²) in [4.78, 5) is 0.315. The summed E-state index contributed by atoms with van der Waals surface area (Å²) in [5, 5.41) is 0.726. The highest BCUT2D eigenvalue weighted by atomic mass is 79.9. The number of alkyl halides is 1. The maximum Gasteiger partial charge on any atom is 0.240 e. The van der Waals surface area contributed by atoms with Crippen LogP contribution in [0.5, 0.6) is 0 Å². The second-order valence-corrected chi connectivity index (χ2v) is 6.94. The van der Waals surface area contributed by atoms with Gasteiger partial charge in [-0.2, -0.15) is 11.8 Å². The van der Waals surface area contributed by atoms with Gasteiger partial charge in [-0.1, -0.05) is 28.1 Å². The average molecular weight is 338 g/mol. The maximum atomic E-state index is 12.0. The Balaban J connectivity index is 2.82. The predicted octanol–water partition coefficient (Wildman–Crippen LogP) is 2.61. The molecule has 0 fully saturated rings. The second-order valence-electron chi connectivity index (χ2n) is 3.76. The van der Waals surface area contributed by atoms with Crippen molar-refractivity contribution in [3.8, 4) is 0 Å². The van der Waals surface area contributed by atoms with Crippen LogP contribution in [0.25, 0.3) is 0 Å². The van der Waals surface area contributed by atoms with Crippen LogP contribution in [0.1, 0.15) is 12.5 Å². The molecule has 1 atom stereocenters. The number of nitrogens with one attached hydrogen (secondary N) is 1. The number of halogens is 1. The molecule has 0 bridgehead atoms. The van der Waals surface area contributed by atoms with Gasteiger partial charge in [-0.15, -0.1) is 0 Å². The fourth-order valence-corrected chi connectivity index (χ4v) is 3.68. The van der Waals surface area contributed by atoms with Gasteiger partial charge in [-0.25, -0.2) is 13.1 Å². The van der Waals surface area contributed by atoms with Crippen LogP contribution in [0.3, 0.4) is 0 Å². The van der Waals surface area contributed by atoms with Crippen molar-refractivity contribution in [2.75, 3.05) is 12.0 Å². The van der Waals surface area contributed by atoms with E-state index in [2.05, 4.69) is 20.7 Å². The molecule has 0 aliphatic heterocycles. The van der Waals surface area contributed by atoms with Gasteiger partial charge in [0.25, 0.3) is 0 Å². The highest BCUT2D eigenvalue weighted by Crippen LogP contribution is 2.13. The number of hydrogen-bond donors (Lipinski definition) is 1. The summed E-state index contributed by atoms with van der Waals surface area (Å²) in [6, 6.07) is 6.81. The fourth-order valence-electron chi connectivity index (χ4n) is 1.37. The molecule has 17 heavy (non-hydrogen) atoms. The number of sulfonamides is 1. The zero-order valence-electron chi connectivity index (χ0n) is 9.81. The van der Waals surface area contributed by atoms with Crippen LogP contribution in [-0.2, 0) is 15.4 Å². The molecule has 0 amide bonds. The zero-order chi connectivity index (χ0) is 12.9. The lowest BCUT2D eigenvalue weighted by molar-refractivity contribution is 0.571. The Morgan fingerprint density at radius 3 is 2.41 bits per heavy atom. The molecule has 3 nitrogen and oxygen atoms in total. The Kier molecular flexibility index (Phi) is 5.99. The van der Waals surface area contributed by atoms with E-state index in [1.807, 2.05) is 25.3 Å². The van der Waals surface area contributed by atoms with Crippen LogP contribution in [0.15, 0.2) is 29.2 Å². The molecule has 1 aromatic carbocycles. The molecule has 0 saturated heterocycles. The van der Waals surface area contributed by atoms with Crippen molar-refractivity contribution in [1.29, 1.82) is 0 Å². The lowest BCUT2D eigenvalue weighted by Gasteiger charge is -2.13. The highest BCUT2D eigenvalue weighted by Gasteiger charge is 2.16. The van der Waals surface area contributed by atoms with Crippen LogP contribution in [-0.4, -0.2) is 26.5 Å². The monoisotopic (exact) mass is 337 g/mol. The summed E-state index contributed by atoms with van der Waals surface area (Å²) in [5.74, 6) is 0.763. The van der Waals surface area contributed by atoms with E-state index < -0.39 is 10.0 Å². The molecule has 96 valence electrons. The summed E-state index contributed by atoms with van der Waals surface area (Å²) >= 11 is 4.94. The number of hydrogen-bond acceptors (Lipinski definition) is 3. The highest BCUT2D eigenvalue weighted by molar-refractivity contribution is 9.08. The Hall–Kier alpha value is -0.0400. The molecular weight excluding hydrogens is 322 g/mol. The Morgan fingerprint density at radius 2 is 1.94 bits per heavy atom. The predicted molar refractivity (Wildman–Crippen MR) is 77.2 cm³/mol. The van der Waals surface area contributed by atoms with Gasteiger partial charge in [-0.3, -0.25) is 0 Å². The van der Waals surface area contributed by atoms with E-state index >= 15 is 0 Å². The van der Waals surface area contributed by atoms with Crippen molar-refractivity contribution in [2.24, 2.45) is 0 Å². The number of benzene rings is 1. The summed E-state index contributed by atoms with van der Waals surface area (Å²) in [6.07, 6.45) is 1.95. The average Bonchev–Trinajstić information content (AvgIpc) is 2.28. The van der Waals surface area contributed by atoms with Crippen molar-refractivity contribution >= 4 is 37.7 Å². The van der Waals surface area contributed by atoms with E-state index in [0.717, 1.165) is 16.6 Å². The second kappa shape index (κ2) is 6.78. The lowest BCUT2D eigenvalue weighted by Crippen LogP contribution is -2.34. The third kappa shape index (κ3) is 4.62. The third-order valence-electron chi connectivity index (χ3n) is 2.16. The molecular formula is C11H16BrNO2S2. The van der Waals surface area contributed by atoms with Crippen molar-refractivity contribution in [2.45, 2.75) is 23.2 Å². The Bertz CT molecular complexity index is 445. The minimum atomic E-state index is -3.39. The fraction of sp³-hybridized carbons (Fsp3) is 0.455. The molecule has 0 spiro atoms. The van der Waals surface area contributed by atoms with E-state index in [4.69, 9.17) is 0 Å². The largest absolute Gasteiger partial charge is 0.240 e. The van der Waals surface area contributed by atoms with Gasteiger partial charge in [0.2, 0.25) is 10.0 Å². The number of thioether (sulfide) groups is 1. The van der Waals surface area contributed by atoms with Gasteiger partial charge in [0.1, 0.15) is 0 Å². The van der Waals surface area contributed by atoms with Crippen molar-refractivity contribution in [3.63, 3.8) is 0 Å². The number of rotatable bonds is 6. The quantitative estimate of drug-likeness (QED) is 0.811. The van der Waals surface area contributed by atoms with E-state index in [1.54, 1.807) is 23.9 Å². The molecule has 0 aromatic heterocycles. The molecule has 0 aliphatic rings. The van der Waals surface area contributed by atoms with Crippen LogP contribution in [0.2, 0.25) is 0 Å². The van der Waals surface area contributed by atoms with E-state index in [9.17, 15) is 8.42 Å². The van der Waals surface area contributed by atoms with Gasteiger partial charge in [0.05, 0.1) is 4.90 Å². The summed E-state index contributed by atoms with van der Waals surface area (Å²) in [7, 11) is -3.39. The lowest BCUT2D eigenvalue weighted by atomic mass is 10.2. The smallest absolute Gasteiger partial charge is 0.208 e. The van der Waals surface area contributed by atoms with Gasteiger partial charge in [0, 0.05) is 17.1 Å². The molecule has 0 saturated carbocycles. The van der Waals surface area contributed by atoms with Crippen molar-refractivity contribution in [1.82, 2.24) is 4.72 Å². The maximum absolute atomic E-state index is 12.0. The van der Waals surface area contributed by atoms with Gasteiger partial charge in [0.15, 0.2) is 0 Å². The summed E-state index contributed by atoms with van der Waals surface area (Å²) in [6.45, 7) is 1.86. The molecule has 1 N–H and O–H groups in total. The molecule has 1 aromatic rings. The van der Waals surface area contributed by atoms with Crippen LogP contribution < -0.4 is 4.72 Å². The first-order valence-electron chi connectivity index (χ1n) is 5.15. The van der Waals surface area contributed by atoms with E-state index in [-0.39, 0.29) is 6.04 Å². The zero-order valence-corrected chi connectivity index (χ0v) is 13.0. The molecule has 0 radical (unpaired) electrons. The van der Waals surface area contributed by atoms with Crippen molar-refractivity contribution in [3.05, 3.63) is 29.8 Å². The van der Waals surface area contributed by atoms with Gasteiger partial charge >= 0.3 is 0 Å². The van der Waals surface area contributed by atoms with E-state index in [0.29, 0.717) is 4.90 Å². The Labute approximate surface area is 116 Å². The van der Waals surface area contributed by atoms with Crippen LogP contribution in [0, 0.1) is 0 Å². The Morgan fingerprint density at radius 1 is 1.35 bits per heavy atom. The first kappa shape index (κ1) is 15.0. The van der Waals surface area contributed by atoms with Crippen LogP contribution >= 0.6 is 27.7 Å². The van der Waals surface area contributed by atoms with Crippen molar-refractivity contribution < 1.29 is 8.42 Å². The SMILES string of the molecule is CSCC(C)NS(=O)(=O)c1ccc(CBr)cc1. The van der Waals surface area contributed by atoms with Gasteiger partial charge in [-0.05, 0) is 30.9 Å². The standard InChI is InChI=1S/C11H16BrNO2S2/c1-9(8-16-2)13-17(14,15)11-5-3-10(7-12)4-6-11/h3-6,9,13H,7-8H2,1-2H3. The third-order valence-corrected chi connectivity index (χ3v) is 5.25. The molecule has 1 unspecified atom stereocenters. The molecule has 1 rings (SSSR count). The minimum absolute atomic E-state index is 0.0640. The minimum Gasteiger partial charge on any atom is -0.208 e. The molecule has 0 aliphatic carbocycles. The molecule has 0 heterocycles. The van der Waals surface area contributed by atoms with Crippen LogP contribution in [0.4, 0.5) is 0 Å². The summed E-state index contributed by atoms with van der Waals surface area (Å²) in [5.41, 5.74) is 1.06. The van der Waals surface area contributed by atoms with E-state index in [1.165, 1.54) is 0 Å². The normalized spacial score (nSPS) is 13.6. The summed E-state index contributed by atoms with van der Waals surface area (Å²) < 4.78 is 26.6. The van der Waals surface area contributed by atoms with Gasteiger partial charge < -0.3 is 0 Å². The first-order chi connectivity index (χ1) is 7.99. The topological polar surface area (TPSA) is 46.2 Å².